The SMILES string of the molecule is Cn1c([C@H]2CCN(C(=O)c3c(F)cccc3F)C2)nc2ccncc21. The fourth-order valence-electron chi connectivity index (χ4n) is 3.43. The van der Waals surface area contributed by atoms with Gasteiger partial charge < -0.3 is 9.47 Å². The molecule has 0 N–H and O–H groups in total. The lowest BCUT2D eigenvalue weighted by Crippen LogP contribution is -2.30. The normalized spacial score (nSPS) is 17.4. The number of nitrogens with zero attached hydrogens (tertiary/aromatic N) is 4. The predicted molar refractivity (Wildman–Crippen MR) is 88.1 cm³/mol. The number of aryl methyl sites for hydroxylation is 1. The first-order valence-corrected chi connectivity index (χ1v) is 8.06. The molecule has 4 rings (SSSR count). The predicted octanol–water partition coefficient (Wildman–Crippen LogP) is 2.88. The van der Waals surface area contributed by atoms with Gasteiger partial charge in [0, 0.05) is 32.3 Å². The van der Waals surface area contributed by atoms with Gasteiger partial charge in [0.15, 0.2) is 0 Å². The van der Waals surface area contributed by atoms with E-state index in [1.54, 1.807) is 12.4 Å². The Morgan fingerprint density at radius 2 is 2.00 bits per heavy atom. The van der Waals surface area contributed by atoms with E-state index in [0.717, 1.165) is 29.0 Å². The molecule has 1 aliphatic rings. The summed E-state index contributed by atoms with van der Waals surface area (Å²) in [7, 11) is 1.91. The molecule has 0 bridgehead atoms. The monoisotopic (exact) mass is 342 g/mol. The van der Waals surface area contributed by atoms with Crippen molar-refractivity contribution in [2.45, 2.75) is 12.3 Å². The van der Waals surface area contributed by atoms with E-state index in [4.69, 9.17) is 0 Å². The molecule has 0 spiro atoms. The average molecular weight is 342 g/mol. The fourth-order valence-corrected chi connectivity index (χ4v) is 3.43. The number of imidazole rings is 1. The van der Waals surface area contributed by atoms with Crippen molar-refractivity contribution < 1.29 is 13.6 Å². The van der Waals surface area contributed by atoms with Gasteiger partial charge in [0.05, 0.1) is 17.2 Å². The van der Waals surface area contributed by atoms with E-state index in [1.165, 1.54) is 11.0 Å². The van der Waals surface area contributed by atoms with Crippen LogP contribution in [0.25, 0.3) is 11.0 Å². The minimum absolute atomic E-state index is 0.0242. The molecule has 1 atom stereocenters. The molecule has 7 heteroatoms. The average Bonchev–Trinajstić information content (AvgIpc) is 3.20. The number of carbonyl (C=O) groups excluding carboxylic acids is 1. The van der Waals surface area contributed by atoms with Gasteiger partial charge in [0.25, 0.3) is 5.91 Å². The summed E-state index contributed by atoms with van der Waals surface area (Å²) in [5.74, 6) is -1.40. The van der Waals surface area contributed by atoms with Gasteiger partial charge in [-0.15, -0.1) is 0 Å². The molecule has 1 amide bonds. The number of aromatic nitrogens is 3. The van der Waals surface area contributed by atoms with E-state index in [0.29, 0.717) is 19.5 Å². The molecule has 0 radical (unpaired) electrons. The Morgan fingerprint density at radius 3 is 2.72 bits per heavy atom. The highest BCUT2D eigenvalue weighted by molar-refractivity contribution is 5.95. The third-order valence-electron chi connectivity index (χ3n) is 4.73. The zero-order chi connectivity index (χ0) is 17.6. The Bertz CT molecular complexity index is 949. The Hall–Kier alpha value is -2.83. The molecule has 0 unspecified atom stereocenters. The Balaban J connectivity index is 1.61. The van der Waals surface area contributed by atoms with Crippen molar-refractivity contribution in [3.8, 4) is 0 Å². The highest BCUT2D eigenvalue weighted by Gasteiger charge is 2.33. The lowest BCUT2D eigenvalue weighted by molar-refractivity contribution is 0.0780. The molecule has 1 aromatic carbocycles. The molecular weight excluding hydrogens is 326 g/mol. The maximum Gasteiger partial charge on any atom is 0.259 e. The molecule has 2 aromatic heterocycles. The van der Waals surface area contributed by atoms with Gasteiger partial charge in [-0.05, 0) is 24.6 Å². The first kappa shape index (κ1) is 15.7. The molecule has 5 nitrogen and oxygen atoms in total. The quantitative estimate of drug-likeness (QED) is 0.720. The summed E-state index contributed by atoms with van der Waals surface area (Å²) in [6.45, 7) is 0.829. The van der Waals surface area contributed by atoms with Gasteiger partial charge in [-0.3, -0.25) is 9.78 Å². The summed E-state index contributed by atoms with van der Waals surface area (Å²) in [5, 5.41) is 0. The molecule has 3 aromatic rings. The van der Waals surface area contributed by atoms with Gasteiger partial charge in [0.2, 0.25) is 0 Å². The molecule has 1 aliphatic heterocycles. The third-order valence-corrected chi connectivity index (χ3v) is 4.73. The molecule has 1 saturated heterocycles. The fraction of sp³-hybridized carbons (Fsp3) is 0.278. The molecule has 3 heterocycles. The summed E-state index contributed by atoms with van der Waals surface area (Å²) in [4.78, 5) is 22.8. The second-order valence-electron chi connectivity index (χ2n) is 6.23. The van der Waals surface area contributed by atoms with Crippen molar-refractivity contribution in [3.05, 3.63) is 59.7 Å². The molecule has 128 valence electrons. The first-order chi connectivity index (χ1) is 12.1. The number of carbonyl (C=O) groups is 1. The number of benzene rings is 1. The Morgan fingerprint density at radius 1 is 1.24 bits per heavy atom. The van der Waals surface area contributed by atoms with Crippen LogP contribution in [-0.2, 0) is 7.05 Å². The van der Waals surface area contributed by atoms with Crippen LogP contribution in [0.4, 0.5) is 8.78 Å². The van der Waals surface area contributed by atoms with Crippen LogP contribution in [0.1, 0.15) is 28.5 Å². The van der Waals surface area contributed by atoms with Gasteiger partial charge in [-0.2, -0.15) is 0 Å². The van der Waals surface area contributed by atoms with Crippen LogP contribution >= 0.6 is 0 Å². The maximum absolute atomic E-state index is 13.9. The first-order valence-electron chi connectivity index (χ1n) is 8.06. The summed E-state index contributed by atoms with van der Waals surface area (Å²) in [6.07, 6.45) is 4.13. The van der Waals surface area contributed by atoms with Crippen molar-refractivity contribution >= 4 is 16.9 Å². The topological polar surface area (TPSA) is 51.0 Å². The van der Waals surface area contributed by atoms with Gasteiger partial charge >= 0.3 is 0 Å². The number of halogens is 2. The number of hydrogen-bond acceptors (Lipinski definition) is 3. The number of likely N-dealkylation sites (tertiary alicyclic amines) is 1. The van der Waals surface area contributed by atoms with E-state index in [2.05, 4.69) is 9.97 Å². The number of fused-ring (bicyclic) bond motifs is 1. The second kappa shape index (κ2) is 5.91. The van der Waals surface area contributed by atoms with Crippen LogP contribution in [0.15, 0.2) is 36.7 Å². The van der Waals surface area contributed by atoms with E-state index >= 15 is 0 Å². The smallest absolute Gasteiger partial charge is 0.259 e. The van der Waals surface area contributed by atoms with E-state index in [-0.39, 0.29) is 5.92 Å². The lowest BCUT2D eigenvalue weighted by atomic mass is 10.1. The van der Waals surface area contributed by atoms with Crippen molar-refractivity contribution in [1.29, 1.82) is 0 Å². The number of amides is 1. The molecule has 25 heavy (non-hydrogen) atoms. The molecule has 0 aliphatic carbocycles. The van der Waals surface area contributed by atoms with Crippen molar-refractivity contribution in [2.75, 3.05) is 13.1 Å². The maximum atomic E-state index is 13.9. The lowest BCUT2D eigenvalue weighted by Gasteiger charge is -2.17. The molecule has 1 fully saturated rings. The zero-order valence-electron chi connectivity index (χ0n) is 13.6. The summed E-state index contributed by atoms with van der Waals surface area (Å²) >= 11 is 0. The van der Waals surface area contributed by atoms with Crippen LogP contribution in [0.3, 0.4) is 0 Å². The summed E-state index contributed by atoms with van der Waals surface area (Å²) < 4.78 is 29.7. The van der Waals surface area contributed by atoms with Crippen molar-refractivity contribution in [3.63, 3.8) is 0 Å². The van der Waals surface area contributed by atoms with E-state index in [1.807, 2.05) is 17.7 Å². The van der Waals surface area contributed by atoms with E-state index < -0.39 is 23.1 Å². The van der Waals surface area contributed by atoms with E-state index in [9.17, 15) is 13.6 Å². The van der Waals surface area contributed by atoms with Crippen LogP contribution in [0, 0.1) is 11.6 Å². The highest BCUT2D eigenvalue weighted by atomic mass is 19.1. The van der Waals surface area contributed by atoms with Crippen LogP contribution < -0.4 is 0 Å². The van der Waals surface area contributed by atoms with Crippen LogP contribution in [0.5, 0.6) is 0 Å². The Labute approximate surface area is 142 Å². The van der Waals surface area contributed by atoms with Crippen molar-refractivity contribution in [1.82, 2.24) is 19.4 Å². The van der Waals surface area contributed by atoms with Gasteiger partial charge in [-0.1, -0.05) is 6.07 Å². The third kappa shape index (κ3) is 2.56. The van der Waals surface area contributed by atoms with Crippen LogP contribution in [0.2, 0.25) is 0 Å². The largest absolute Gasteiger partial charge is 0.338 e. The molecule has 0 saturated carbocycles. The number of hydrogen-bond donors (Lipinski definition) is 0. The summed E-state index contributed by atoms with van der Waals surface area (Å²) in [5.41, 5.74) is 1.28. The number of pyridine rings is 1. The highest BCUT2D eigenvalue weighted by Crippen LogP contribution is 2.30. The van der Waals surface area contributed by atoms with Crippen molar-refractivity contribution in [2.24, 2.45) is 7.05 Å². The molecular formula is C18H16F2N4O. The van der Waals surface area contributed by atoms with Gasteiger partial charge in [-0.25, -0.2) is 13.8 Å². The number of rotatable bonds is 2. The Kier molecular flexibility index (Phi) is 3.71. The summed E-state index contributed by atoms with van der Waals surface area (Å²) in [6, 6.07) is 5.29. The van der Waals surface area contributed by atoms with Gasteiger partial charge in [0.1, 0.15) is 23.0 Å². The minimum atomic E-state index is -0.831. The second-order valence-corrected chi connectivity index (χ2v) is 6.23. The zero-order valence-corrected chi connectivity index (χ0v) is 13.6. The minimum Gasteiger partial charge on any atom is -0.338 e. The standard InChI is InChI=1S/C18H16F2N4O/c1-23-15-9-21-7-5-14(15)22-17(23)11-6-8-24(10-11)18(25)16-12(19)3-2-4-13(16)20/h2-5,7,9,11H,6,8,10H2,1H3/t11-/m0/s1. The van der Waals surface area contributed by atoms with Crippen LogP contribution in [-0.4, -0.2) is 38.4 Å².